The lowest BCUT2D eigenvalue weighted by Crippen LogP contribution is -2.27. The van der Waals surface area contributed by atoms with Gasteiger partial charge in [-0.15, -0.1) is 0 Å². The van der Waals surface area contributed by atoms with E-state index in [-0.39, 0.29) is 12.6 Å². The van der Waals surface area contributed by atoms with E-state index in [9.17, 15) is 10.2 Å². The summed E-state index contributed by atoms with van der Waals surface area (Å²) in [6.45, 7) is 2.28. The lowest BCUT2D eigenvalue weighted by atomic mass is 10.1. The number of ether oxygens (including phenoxy) is 1. The summed E-state index contributed by atoms with van der Waals surface area (Å²) in [7, 11) is 0. The van der Waals surface area contributed by atoms with Crippen LogP contribution in [0.15, 0.2) is 12.4 Å². The molecule has 1 aromatic heterocycles. The van der Waals surface area contributed by atoms with E-state index < -0.39 is 12.2 Å². The molecule has 0 radical (unpaired) electrons. The van der Waals surface area contributed by atoms with E-state index in [4.69, 9.17) is 10.5 Å². The van der Waals surface area contributed by atoms with Gasteiger partial charge in [0.1, 0.15) is 6.10 Å². The molecule has 1 rings (SSSR count). The van der Waals surface area contributed by atoms with Crippen LogP contribution in [0.2, 0.25) is 0 Å². The fraction of sp³-hybridized carbons (Fsp3) is 0.556. The van der Waals surface area contributed by atoms with E-state index >= 15 is 0 Å². The van der Waals surface area contributed by atoms with Gasteiger partial charge in [0.15, 0.2) is 0 Å². The Morgan fingerprint density at radius 1 is 1.40 bits per heavy atom. The summed E-state index contributed by atoms with van der Waals surface area (Å²) >= 11 is 0. The molecule has 0 bridgehead atoms. The Morgan fingerprint density at radius 3 is 2.47 bits per heavy atom. The average Bonchev–Trinajstić information content (AvgIpc) is 2.28. The van der Waals surface area contributed by atoms with Gasteiger partial charge in [-0.3, -0.25) is 0 Å². The summed E-state index contributed by atoms with van der Waals surface area (Å²) in [5.41, 5.74) is 5.63. The van der Waals surface area contributed by atoms with Crippen LogP contribution in [0, 0.1) is 0 Å². The van der Waals surface area contributed by atoms with Crippen molar-refractivity contribution in [2.75, 3.05) is 13.2 Å². The molecule has 0 saturated carbocycles. The van der Waals surface area contributed by atoms with E-state index in [0.29, 0.717) is 12.2 Å². The normalized spacial score (nSPS) is 14.7. The average molecular weight is 213 g/mol. The van der Waals surface area contributed by atoms with Gasteiger partial charge in [0.2, 0.25) is 0 Å². The first-order chi connectivity index (χ1) is 7.19. The molecule has 0 saturated heterocycles. The topological polar surface area (TPSA) is 101 Å². The van der Waals surface area contributed by atoms with Gasteiger partial charge in [-0.1, -0.05) is 0 Å². The van der Waals surface area contributed by atoms with Gasteiger partial charge in [-0.2, -0.15) is 0 Å². The molecule has 6 heteroatoms. The predicted octanol–water partition coefficient (Wildman–Crippen LogP) is -0.772. The summed E-state index contributed by atoms with van der Waals surface area (Å²) < 4.78 is 5.04. The summed E-state index contributed by atoms with van der Waals surface area (Å²) in [6.07, 6.45) is 0.737. The van der Waals surface area contributed by atoms with Gasteiger partial charge in [-0.05, 0) is 6.92 Å². The molecular formula is C9H15N3O3. The first-order valence-corrected chi connectivity index (χ1v) is 4.70. The fourth-order valence-corrected chi connectivity index (χ4v) is 1.03. The number of nitrogens with zero attached hydrogens (tertiary/aromatic N) is 2. The first-order valence-electron chi connectivity index (χ1n) is 4.70. The van der Waals surface area contributed by atoms with Crippen molar-refractivity contribution in [3.8, 4) is 6.01 Å². The second kappa shape index (κ2) is 5.59. The Balaban J connectivity index is 2.70. The SMILES string of the molecule is CCOc1ncc(C(O)C(O)CN)cn1. The van der Waals surface area contributed by atoms with E-state index in [0.717, 1.165) is 0 Å². The smallest absolute Gasteiger partial charge is 0.316 e. The summed E-state index contributed by atoms with van der Waals surface area (Å²) in [6, 6.07) is 0.246. The minimum atomic E-state index is -1.06. The highest BCUT2D eigenvalue weighted by molar-refractivity contribution is 5.12. The molecule has 0 aliphatic carbocycles. The highest BCUT2D eigenvalue weighted by Crippen LogP contribution is 2.15. The van der Waals surface area contributed by atoms with Crippen LogP contribution in [-0.2, 0) is 0 Å². The zero-order chi connectivity index (χ0) is 11.3. The van der Waals surface area contributed by atoms with Crippen molar-refractivity contribution in [2.45, 2.75) is 19.1 Å². The first kappa shape index (κ1) is 11.8. The molecule has 15 heavy (non-hydrogen) atoms. The molecule has 0 aliphatic heterocycles. The van der Waals surface area contributed by atoms with E-state index in [1.165, 1.54) is 12.4 Å². The van der Waals surface area contributed by atoms with Crippen molar-refractivity contribution in [1.82, 2.24) is 9.97 Å². The van der Waals surface area contributed by atoms with Crippen LogP contribution in [0.1, 0.15) is 18.6 Å². The Hall–Kier alpha value is -1.24. The van der Waals surface area contributed by atoms with Gasteiger partial charge in [0.25, 0.3) is 0 Å². The molecule has 1 heterocycles. The zero-order valence-corrected chi connectivity index (χ0v) is 8.50. The molecule has 0 amide bonds. The van der Waals surface area contributed by atoms with Crippen molar-refractivity contribution in [3.63, 3.8) is 0 Å². The lowest BCUT2D eigenvalue weighted by molar-refractivity contribution is 0.0238. The number of aliphatic hydroxyl groups excluding tert-OH is 2. The zero-order valence-electron chi connectivity index (χ0n) is 8.50. The third kappa shape index (κ3) is 3.12. The molecule has 1 aromatic rings. The molecule has 84 valence electrons. The van der Waals surface area contributed by atoms with Crippen molar-refractivity contribution >= 4 is 0 Å². The fourth-order valence-electron chi connectivity index (χ4n) is 1.03. The molecule has 4 N–H and O–H groups in total. The number of hydrogen-bond acceptors (Lipinski definition) is 6. The lowest BCUT2D eigenvalue weighted by Gasteiger charge is -2.15. The van der Waals surface area contributed by atoms with Crippen LogP contribution in [0.3, 0.4) is 0 Å². The number of aliphatic hydroxyl groups is 2. The molecule has 0 aromatic carbocycles. The van der Waals surface area contributed by atoms with Crippen LogP contribution in [0.5, 0.6) is 6.01 Å². The van der Waals surface area contributed by atoms with Crippen molar-refractivity contribution in [3.05, 3.63) is 18.0 Å². The number of aromatic nitrogens is 2. The summed E-state index contributed by atoms with van der Waals surface area (Å²) in [5, 5.41) is 18.8. The predicted molar refractivity (Wildman–Crippen MR) is 53.2 cm³/mol. The minimum Gasteiger partial charge on any atom is -0.464 e. The molecular weight excluding hydrogens is 198 g/mol. The highest BCUT2D eigenvalue weighted by Gasteiger charge is 2.17. The molecule has 6 nitrogen and oxygen atoms in total. The highest BCUT2D eigenvalue weighted by atomic mass is 16.5. The van der Waals surface area contributed by atoms with Crippen molar-refractivity contribution < 1.29 is 14.9 Å². The van der Waals surface area contributed by atoms with Gasteiger partial charge >= 0.3 is 6.01 Å². The summed E-state index contributed by atoms with van der Waals surface area (Å²) in [5.74, 6) is 0. The number of hydrogen-bond donors (Lipinski definition) is 3. The molecule has 0 spiro atoms. The maximum absolute atomic E-state index is 9.56. The van der Waals surface area contributed by atoms with E-state index in [2.05, 4.69) is 9.97 Å². The summed E-state index contributed by atoms with van der Waals surface area (Å²) in [4.78, 5) is 7.72. The van der Waals surface area contributed by atoms with Crippen LogP contribution in [-0.4, -0.2) is 39.4 Å². The third-order valence-electron chi connectivity index (χ3n) is 1.87. The molecule has 2 unspecified atom stereocenters. The second-order valence-electron chi connectivity index (χ2n) is 2.98. The Bertz CT molecular complexity index is 291. The van der Waals surface area contributed by atoms with E-state index in [1.807, 2.05) is 6.92 Å². The standard InChI is InChI=1S/C9H15N3O3/c1-2-15-9-11-4-6(5-12-9)8(14)7(13)3-10/h4-5,7-8,13-14H,2-3,10H2,1H3. The minimum absolute atomic E-state index is 0.0195. The largest absolute Gasteiger partial charge is 0.464 e. The van der Waals surface area contributed by atoms with Crippen LogP contribution in [0.25, 0.3) is 0 Å². The maximum Gasteiger partial charge on any atom is 0.316 e. The Morgan fingerprint density at radius 2 is 2.00 bits per heavy atom. The number of nitrogens with two attached hydrogens (primary N) is 1. The van der Waals surface area contributed by atoms with Crippen LogP contribution >= 0.6 is 0 Å². The van der Waals surface area contributed by atoms with Crippen LogP contribution < -0.4 is 10.5 Å². The Kier molecular flexibility index (Phi) is 4.41. The van der Waals surface area contributed by atoms with Crippen LogP contribution in [0.4, 0.5) is 0 Å². The van der Waals surface area contributed by atoms with Gasteiger partial charge in [-0.25, -0.2) is 9.97 Å². The monoisotopic (exact) mass is 213 g/mol. The van der Waals surface area contributed by atoms with Crippen molar-refractivity contribution in [1.29, 1.82) is 0 Å². The Labute approximate surface area is 87.7 Å². The van der Waals surface area contributed by atoms with Gasteiger partial charge in [0.05, 0.1) is 12.7 Å². The third-order valence-corrected chi connectivity index (χ3v) is 1.87. The molecule has 0 fully saturated rings. The maximum atomic E-state index is 9.56. The molecule has 0 aliphatic rings. The molecule has 2 atom stereocenters. The van der Waals surface area contributed by atoms with Gasteiger partial charge < -0.3 is 20.7 Å². The number of rotatable bonds is 5. The van der Waals surface area contributed by atoms with Gasteiger partial charge in [0, 0.05) is 24.5 Å². The van der Waals surface area contributed by atoms with E-state index in [1.54, 1.807) is 0 Å². The quantitative estimate of drug-likeness (QED) is 0.593. The second-order valence-corrected chi connectivity index (χ2v) is 2.98. The van der Waals surface area contributed by atoms with Crippen molar-refractivity contribution in [2.24, 2.45) is 5.73 Å².